The Hall–Kier alpha value is -1.32. The van der Waals surface area contributed by atoms with E-state index in [2.05, 4.69) is 18.8 Å². The number of benzene rings is 1. The maximum atomic E-state index is 12.1. The van der Waals surface area contributed by atoms with Crippen LogP contribution in [0.15, 0.2) is 43.0 Å². The van der Waals surface area contributed by atoms with Gasteiger partial charge in [0.25, 0.3) is 0 Å². The summed E-state index contributed by atoms with van der Waals surface area (Å²) in [6.45, 7) is 6.83. The standard InChI is InChI=1S/C18H25NO2.ClH/c1-3-4-10-16-13-19-14(2)11-17(16)21-18(20)12-15-8-6-5-7-9-15;/h3,5-9,14,16-17,19H,1,4,10-13H2,2H3;1H. The van der Waals surface area contributed by atoms with Gasteiger partial charge in [0.15, 0.2) is 0 Å². The van der Waals surface area contributed by atoms with E-state index in [4.69, 9.17) is 4.74 Å². The number of nitrogens with one attached hydrogen (secondary N) is 1. The molecule has 3 unspecified atom stereocenters. The van der Waals surface area contributed by atoms with E-state index in [0.29, 0.717) is 18.4 Å². The summed E-state index contributed by atoms with van der Waals surface area (Å²) in [5, 5.41) is 3.47. The van der Waals surface area contributed by atoms with Crippen LogP contribution in [0.3, 0.4) is 0 Å². The first-order valence-corrected chi connectivity index (χ1v) is 7.76. The van der Waals surface area contributed by atoms with E-state index in [1.165, 1.54) is 0 Å². The number of allylic oxidation sites excluding steroid dienone is 1. The molecule has 1 heterocycles. The molecule has 0 bridgehead atoms. The molecule has 0 aromatic heterocycles. The van der Waals surface area contributed by atoms with E-state index < -0.39 is 0 Å². The average molecular weight is 324 g/mol. The lowest BCUT2D eigenvalue weighted by molar-refractivity contribution is -0.153. The van der Waals surface area contributed by atoms with Crippen molar-refractivity contribution in [2.45, 2.75) is 44.8 Å². The van der Waals surface area contributed by atoms with Crippen molar-refractivity contribution in [3.8, 4) is 0 Å². The first-order valence-electron chi connectivity index (χ1n) is 7.76. The zero-order chi connectivity index (χ0) is 15.1. The predicted octanol–water partition coefficient (Wildman–Crippen LogP) is 3.53. The molecule has 1 N–H and O–H groups in total. The van der Waals surface area contributed by atoms with Gasteiger partial charge in [0.05, 0.1) is 6.42 Å². The zero-order valence-electron chi connectivity index (χ0n) is 13.2. The molecule has 3 nitrogen and oxygen atoms in total. The summed E-state index contributed by atoms with van der Waals surface area (Å²) < 4.78 is 5.76. The molecule has 0 radical (unpaired) electrons. The highest BCUT2D eigenvalue weighted by molar-refractivity contribution is 5.85. The fraction of sp³-hybridized carbons (Fsp3) is 0.500. The maximum Gasteiger partial charge on any atom is 0.310 e. The van der Waals surface area contributed by atoms with E-state index in [-0.39, 0.29) is 24.5 Å². The van der Waals surface area contributed by atoms with Crippen LogP contribution in [0.2, 0.25) is 0 Å². The molecule has 3 atom stereocenters. The molecule has 1 aliphatic heterocycles. The fourth-order valence-corrected chi connectivity index (χ4v) is 2.85. The van der Waals surface area contributed by atoms with Crippen LogP contribution in [0, 0.1) is 5.92 Å². The van der Waals surface area contributed by atoms with Crippen LogP contribution in [0.25, 0.3) is 0 Å². The number of esters is 1. The Morgan fingerprint density at radius 2 is 2.14 bits per heavy atom. The summed E-state index contributed by atoms with van der Waals surface area (Å²) in [7, 11) is 0. The second-order valence-corrected chi connectivity index (χ2v) is 5.86. The Balaban J connectivity index is 0.00000242. The minimum Gasteiger partial charge on any atom is -0.462 e. The molecule has 1 saturated heterocycles. The third-order valence-electron chi connectivity index (χ3n) is 4.06. The Morgan fingerprint density at radius 3 is 2.82 bits per heavy atom. The molecular formula is C18H26ClNO2. The number of carbonyl (C=O) groups excluding carboxylic acids is 1. The lowest BCUT2D eigenvalue weighted by Crippen LogP contribution is -2.47. The van der Waals surface area contributed by atoms with Crippen molar-refractivity contribution in [2.75, 3.05) is 6.54 Å². The van der Waals surface area contributed by atoms with Gasteiger partial charge in [0, 0.05) is 18.5 Å². The van der Waals surface area contributed by atoms with E-state index in [9.17, 15) is 4.79 Å². The number of halogens is 1. The van der Waals surface area contributed by atoms with Crippen molar-refractivity contribution < 1.29 is 9.53 Å². The topological polar surface area (TPSA) is 38.3 Å². The zero-order valence-corrected chi connectivity index (χ0v) is 14.0. The van der Waals surface area contributed by atoms with Crippen molar-refractivity contribution in [1.29, 1.82) is 0 Å². The third kappa shape index (κ3) is 5.82. The molecule has 1 aliphatic rings. The molecule has 0 spiro atoms. The monoisotopic (exact) mass is 323 g/mol. The largest absolute Gasteiger partial charge is 0.462 e. The average Bonchev–Trinajstić information content (AvgIpc) is 2.47. The van der Waals surface area contributed by atoms with E-state index in [1.807, 2.05) is 36.4 Å². The van der Waals surface area contributed by atoms with Gasteiger partial charge in [-0.25, -0.2) is 0 Å². The van der Waals surface area contributed by atoms with E-state index >= 15 is 0 Å². The van der Waals surface area contributed by atoms with E-state index in [0.717, 1.165) is 31.4 Å². The molecule has 1 fully saturated rings. The lowest BCUT2D eigenvalue weighted by atomic mass is 9.88. The van der Waals surface area contributed by atoms with Gasteiger partial charge in [-0.3, -0.25) is 4.79 Å². The van der Waals surface area contributed by atoms with Crippen LogP contribution in [-0.4, -0.2) is 24.7 Å². The summed E-state index contributed by atoms with van der Waals surface area (Å²) in [6.07, 6.45) is 5.19. The Kier molecular flexibility index (Phi) is 8.21. The van der Waals surface area contributed by atoms with Crippen LogP contribution in [0.1, 0.15) is 31.7 Å². The highest BCUT2D eigenvalue weighted by Gasteiger charge is 2.30. The minimum absolute atomic E-state index is 0. The smallest absolute Gasteiger partial charge is 0.310 e. The highest BCUT2D eigenvalue weighted by atomic mass is 35.5. The van der Waals surface area contributed by atoms with E-state index in [1.54, 1.807) is 0 Å². The highest BCUT2D eigenvalue weighted by Crippen LogP contribution is 2.23. The second-order valence-electron chi connectivity index (χ2n) is 5.86. The summed E-state index contributed by atoms with van der Waals surface area (Å²) >= 11 is 0. The Bertz CT molecular complexity index is 463. The molecule has 122 valence electrons. The summed E-state index contributed by atoms with van der Waals surface area (Å²) in [6, 6.07) is 10.2. The molecule has 0 amide bonds. The lowest BCUT2D eigenvalue weighted by Gasteiger charge is -2.35. The first-order chi connectivity index (χ1) is 10.2. The van der Waals surface area contributed by atoms with Gasteiger partial charge >= 0.3 is 5.97 Å². The normalized spacial score (nSPS) is 24.1. The molecule has 1 aromatic carbocycles. The first kappa shape index (κ1) is 18.7. The number of rotatable bonds is 6. The number of piperidine rings is 1. The van der Waals surface area contributed by atoms with Gasteiger partial charge in [0.1, 0.15) is 6.10 Å². The van der Waals surface area contributed by atoms with Gasteiger partial charge in [-0.15, -0.1) is 19.0 Å². The molecule has 0 aliphatic carbocycles. The summed E-state index contributed by atoms with van der Waals surface area (Å²) in [4.78, 5) is 12.1. The van der Waals surface area contributed by atoms with Gasteiger partial charge in [-0.1, -0.05) is 36.4 Å². The Labute approximate surface area is 139 Å². The third-order valence-corrected chi connectivity index (χ3v) is 4.06. The van der Waals surface area contributed by atoms with Gasteiger partial charge in [0.2, 0.25) is 0 Å². The van der Waals surface area contributed by atoms with Gasteiger partial charge < -0.3 is 10.1 Å². The molecule has 22 heavy (non-hydrogen) atoms. The molecule has 1 aromatic rings. The van der Waals surface area contributed by atoms with Crippen LogP contribution < -0.4 is 5.32 Å². The SMILES string of the molecule is C=CCCC1CNC(C)CC1OC(=O)Cc1ccccc1.Cl. The fourth-order valence-electron chi connectivity index (χ4n) is 2.85. The van der Waals surface area contributed by atoms with Crippen molar-refractivity contribution >= 4 is 18.4 Å². The van der Waals surface area contributed by atoms with Crippen LogP contribution in [0.4, 0.5) is 0 Å². The number of ether oxygens (including phenoxy) is 1. The molecule has 2 rings (SSSR count). The quantitative estimate of drug-likeness (QED) is 0.643. The second kappa shape index (κ2) is 9.65. The Morgan fingerprint density at radius 1 is 1.41 bits per heavy atom. The summed E-state index contributed by atoms with van der Waals surface area (Å²) in [5.41, 5.74) is 1.01. The van der Waals surface area contributed by atoms with Crippen LogP contribution in [0.5, 0.6) is 0 Å². The van der Waals surface area contributed by atoms with Crippen LogP contribution >= 0.6 is 12.4 Å². The number of hydrogen-bond acceptors (Lipinski definition) is 3. The van der Waals surface area contributed by atoms with Crippen molar-refractivity contribution in [1.82, 2.24) is 5.32 Å². The predicted molar refractivity (Wildman–Crippen MR) is 92.3 cm³/mol. The number of carbonyl (C=O) groups is 1. The van der Waals surface area contributed by atoms with Crippen molar-refractivity contribution in [3.63, 3.8) is 0 Å². The van der Waals surface area contributed by atoms with Gasteiger partial charge in [-0.05, 0) is 31.7 Å². The minimum atomic E-state index is -0.121. The van der Waals surface area contributed by atoms with Crippen molar-refractivity contribution in [2.24, 2.45) is 5.92 Å². The molecule has 4 heteroatoms. The van der Waals surface area contributed by atoms with Crippen LogP contribution in [-0.2, 0) is 16.0 Å². The molecular weight excluding hydrogens is 298 g/mol. The van der Waals surface area contributed by atoms with Gasteiger partial charge in [-0.2, -0.15) is 0 Å². The summed E-state index contributed by atoms with van der Waals surface area (Å²) in [5.74, 6) is 0.267. The molecule has 0 saturated carbocycles. The number of hydrogen-bond donors (Lipinski definition) is 1. The van der Waals surface area contributed by atoms with Crippen molar-refractivity contribution in [3.05, 3.63) is 48.6 Å². The maximum absolute atomic E-state index is 12.1.